The Morgan fingerprint density at radius 3 is 2.88 bits per heavy atom. The van der Waals surface area contributed by atoms with Gasteiger partial charge in [0.2, 0.25) is 0 Å². The van der Waals surface area contributed by atoms with Crippen molar-refractivity contribution in [1.82, 2.24) is 0 Å². The van der Waals surface area contributed by atoms with E-state index in [9.17, 15) is 9.90 Å². The Morgan fingerprint density at radius 2 is 2.35 bits per heavy atom. The molecule has 2 N–H and O–H groups in total. The summed E-state index contributed by atoms with van der Waals surface area (Å²) in [6.07, 6.45) is 0.151. The van der Waals surface area contributed by atoms with E-state index >= 15 is 0 Å². The highest BCUT2D eigenvalue weighted by Crippen LogP contribution is 2.30. The van der Waals surface area contributed by atoms with E-state index in [0.29, 0.717) is 13.0 Å². The summed E-state index contributed by atoms with van der Waals surface area (Å²) in [5.41, 5.74) is 0.917. The number of carboxylic acids is 1. The Morgan fingerprint density at radius 1 is 1.59 bits per heavy atom. The third-order valence-electron chi connectivity index (χ3n) is 3.33. The number of anilines is 1. The first-order valence-electron chi connectivity index (χ1n) is 5.74. The van der Waals surface area contributed by atoms with Gasteiger partial charge in [0.1, 0.15) is 0 Å². The van der Waals surface area contributed by atoms with Crippen molar-refractivity contribution in [2.45, 2.75) is 31.9 Å². The van der Waals surface area contributed by atoms with Crippen LogP contribution >= 0.6 is 0 Å². The lowest BCUT2D eigenvalue weighted by Gasteiger charge is -2.29. The van der Waals surface area contributed by atoms with Crippen molar-refractivity contribution in [3.63, 3.8) is 0 Å². The molecule has 1 aromatic carbocycles. The quantitative estimate of drug-likeness (QED) is 0.841. The monoisotopic (exact) mass is 235 g/mol. The maximum absolute atomic E-state index is 11.5. The lowest BCUT2D eigenvalue weighted by atomic mass is 9.91. The van der Waals surface area contributed by atoms with Crippen LogP contribution in [0.25, 0.3) is 0 Å². The molecule has 0 saturated carbocycles. The second kappa shape index (κ2) is 4.37. The fourth-order valence-electron chi connectivity index (χ4n) is 2.22. The Balaban J connectivity index is 2.28. The Hall–Kier alpha value is -1.55. The first-order valence-corrected chi connectivity index (χ1v) is 5.74. The highest BCUT2D eigenvalue weighted by atomic mass is 16.5. The smallest absolute Gasteiger partial charge is 0.332 e. The molecular formula is C13H17NO3. The van der Waals surface area contributed by atoms with E-state index in [1.54, 1.807) is 6.92 Å². The minimum atomic E-state index is -1.01. The largest absolute Gasteiger partial charge is 0.479 e. The molecule has 1 aromatic rings. The van der Waals surface area contributed by atoms with E-state index in [1.807, 2.05) is 31.2 Å². The van der Waals surface area contributed by atoms with E-state index < -0.39 is 11.5 Å². The lowest BCUT2D eigenvalue weighted by molar-refractivity contribution is -0.143. The van der Waals surface area contributed by atoms with Crippen LogP contribution < -0.4 is 5.32 Å². The van der Waals surface area contributed by atoms with Gasteiger partial charge in [0, 0.05) is 18.7 Å². The van der Waals surface area contributed by atoms with Crippen molar-refractivity contribution in [1.29, 1.82) is 0 Å². The molecule has 2 atom stereocenters. The van der Waals surface area contributed by atoms with Gasteiger partial charge in [-0.1, -0.05) is 12.1 Å². The molecule has 1 aliphatic rings. The number of ether oxygens (including phenoxy) is 1. The van der Waals surface area contributed by atoms with Gasteiger partial charge in [0.05, 0.1) is 6.10 Å². The summed E-state index contributed by atoms with van der Waals surface area (Å²) in [6.45, 7) is 4.25. The fraction of sp³-hybridized carbons (Fsp3) is 0.462. The first kappa shape index (κ1) is 11.9. The second-order valence-electron chi connectivity index (χ2n) is 4.53. The molecule has 0 spiro atoms. The van der Waals surface area contributed by atoms with Crippen LogP contribution in [0.5, 0.6) is 0 Å². The number of carbonyl (C=O) groups is 1. The maximum atomic E-state index is 11.5. The molecular weight excluding hydrogens is 218 g/mol. The van der Waals surface area contributed by atoms with Crippen LogP contribution in [0.2, 0.25) is 0 Å². The molecule has 0 amide bonds. The average molecular weight is 235 g/mol. The number of hydrogen-bond donors (Lipinski definition) is 2. The summed E-state index contributed by atoms with van der Waals surface area (Å²) in [6, 6.07) is 7.71. The van der Waals surface area contributed by atoms with Crippen molar-refractivity contribution in [2.24, 2.45) is 0 Å². The molecule has 1 fully saturated rings. The molecule has 2 rings (SSSR count). The van der Waals surface area contributed by atoms with Crippen LogP contribution in [0.3, 0.4) is 0 Å². The Kier molecular flexibility index (Phi) is 3.07. The molecule has 1 heterocycles. The Bertz CT molecular complexity index is 432. The maximum Gasteiger partial charge on any atom is 0.332 e. The minimum absolute atomic E-state index is 0.333. The summed E-state index contributed by atoms with van der Waals surface area (Å²) >= 11 is 0. The molecule has 2 unspecified atom stereocenters. The molecule has 4 nitrogen and oxygen atoms in total. The number of rotatable bonds is 3. The van der Waals surface area contributed by atoms with E-state index in [-0.39, 0.29) is 6.10 Å². The van der Waals surface area contributed by atoms with E-state index in [1.165, 1.54) is 0 Å². The van der Waals surface area contributed by atoms with Gasteiger partial charge in [-0.3, -0.25) is 0 Å². The highest BCUT2D eigenvalue weighted by Gasteiger charge is 2.48. The van der Waals surface area contributed by atoms with Crippen molar-refractivity contribution >= 4 is 11.7 Å². The summed E-state index contributed by atoms with van der Waals surface area (Å²) in [7, 11) is 0. The summed E-state index contributed by atoms with van der Waals surface area (Å²) in [5, 5.41) is 12.5. The van der Waals surface area contributed by atoms with Crippen LogP contribution in [0.15, 0.2) is 24.3 Å². The second-order valence-corrected chi connectivity index (χ2v) is 4.53. The SMILES string of the molecule is Cc1cccc(NC2(C(=O)O)CCOC2C)c1. The number of carboxylic acid groups (broad SMARTS) is 1. The molecule has 4 heteroatoms. The van der Waals surface area contributed by atoms with E-state index in [2.05, 4.69) is 5.32 Å². The normalized spacial score (nSPS) is 28.0. The number of hydrogen-bond acceptors (Lipinski definition) is 3. The zero-order chi connectivity index (χ0) is 12.5. The molecule has 0 bridgehead atoms. The minimum Gasteiger partial charge on any atom is -0.479 e. The topological polar surface area (TPSA) is 58.6 Å². The zero-order valence-electron chi connectivity index (χ0n) is 10.1. The molecule has 92 valence electrons. The summed E-state index contributed by atoms with van der Waals surface area (Å²) in [5.74, 6) is -0.857. The van der Waals surface area contributed by atoms with Gasteiger partial charge < -0.3 is 15.2 Å². The van der Waals surface area contributed by atoms with Gasteiger partial charge in [0.25, 0.3) is 0 Å². The van der Waals surface area contributed by atoms with Gasteiger partial charge in [-0.05, 0) is 31.5 Å². The molecule has 0 aliphatic carbocycles. The predicted octanol–water partition coefficient (Wildman–Crippen LogP) is 2.04. The van der Waals surface area contributed by atoms with E-state index in [4.69, 9.17) is 4.74 Å². The number of aliphatic carboxylic acids is 1. The van der Waals surface area contributed by atoms with Crippen molar-refractivity contribution in [3.8, 4) is 0 Å². The van der Waals surface area contributed by atoms with E-state index in [0.717, 1.165) is 11.3 Å². The van der Waals surface area contributed by atoms with Crippen LogP contribution in [0, 0.1) is 6.92 Å². The van der Waals surface area contributed by atoms with Crippen LogP contribution in [-0.2, 0) is 9.53 Å². The van der Waals surface area contributed by atoms with Crippen molar-refractivity contribution < 1.29 is 14.6 Å². The number of nitrogens with one attached hydrogen (secondary N) is 1. The molecule has 17 heavy (non-hydrogen) atoms. The fourth-order valence-corrected chi connectivity index (χ4v) is 2.22. The summed E-state index contributed by atoms with van der Waals surface area (Å²) < 4.78 is 5.39. The van der Waals surface area contributed by atoms with Gasteiger partial charge in [0.15, 0.2) is 5.54 Å². The van der Waals surface area contributed by atoms with Gasteiger partial charge in [-0.2, -0.15) is 0 Å². The van der Waals surface area contributed by atoms with Crippen molar-refractivity contribution in [2.75, 3.05) is 11.9 Å². The van der Waals surface area contributed by atoms with Crippen molar-refractivity contribution in [3.05, 3.63) is 29.8 Å². The molecule has 0 aromatic heterocycles. The molecule has 0 radical (unpaired) electrons. The van der Waals surface area contributed by atoms with Crippen LogP contribution in [-0.4, -0.2) is 29.3 Å². The highest BCUT2D eigenvalue weighted by molar-refractivity contribution is 5.84. The number of benzene rings is 1. The first-order chi connectivity index (χ1) is 8.04. The van der Waals surface area contributed by atoms with Gasteiger partial charge in [-0.25, -0.2) is 4.79 Å². The van der Waals surface area contributed by atoms with Crippen LogP contribution in [0.1, 0.15) is 18.9 Å². The summed E-state index contributed by atoms with van der Waals surface area (Å²) in [4.78, 5) is 11.5. The Labute approximate surface area is 101 Å². The standard InChI is InChI=1S/C13H17NO3/c1-9-4-3-5-11(8-9)14-13(12(15)16)6-7-17-10(13)2/h3-5,8,10,14H,6-7H2,1-2H3,(H,15,16). The molecule has 1 aliphatic heterocycles. The lowest BCUT2D eigenvalue weighted by Crippen LogP contribution is -2.51. The van der Waals surface area contributed by atoms with Gasteiger partial charge >= 0.3 is 5.97 Å². The third kappa shape index (κ3) is 2.13. The zero-order valence-corrected chi connectivity index (χ0v) is 10.1. The van der Waals surface area contributed by atoms with Crippen LogP contribution in [0.4, 0.5) is 5.69 Å². The number of aryl methyl sites for hydroxylation is 1. The average Bonchev–Trinajstić information content (AvgIpc) is 2.61. The molecule has 1 saturated heterocycles. The van der Waals surface area contributed by atoms with Gasteiger partial charge in [-0.15, -0.1) is 0 Å². The third-order valence-corrected chi connectivity index (χ3v) is 3.33. The predicted molar refractivity (Wildman–Crippen MR) is 65.2 cm³/mol.